The number of hydrogen-bond donors (Lipinski definition) is 0. The highest BCUT2D eigenvalue weighted by molar-refractivity contribution is 4.92. The molecule has 0 aromatic carbocycles. The van der Waals surface area contributed by atoms with Crippen LogP contribution >= 0.6 is 0 Å². The molecule has 0 aromatic heterocycles. The number of hydrogen-bond acceptors (Lipinski definition) is 1. The first-order valence-electron chi connectivity index (χ1n) is 7.60. The molecular weight excluding hydrogens is 206 g/mol. The summed E-state index contributed by atoms with van der Waals surface area (Å²) in [4.78, 5) is 2.38. The first-order chi connectivity index (χ1) is 8.17. The van der Waals surface area contributed by atoms with E-state index in [1.165, 1.54) is 44.3 Å². The monoisotopic (exact) mass is 243 g/mol. The number of rotatable bonds is 7. The van der Waals surface area contributed by atoms with Crippen LogP contribution in [0.1, 0.15) is 80.6 Å². The van der Waals surface area contributed by atoms with Gasteiger partial charge in [-0.3, -0.25) is 0 Å². The minimum absolute atomic E-state index is 1.11. The van der Waals surface area contributed by atoms with E-state index in [4.69, 9.17) is 0 Å². The fourth-order valence-electron chi connectivity index (χ4n) is 1.35. The summed E-state index contributed by atoms with van der Waals surface area (Å²) >= 11 is 0. The van der Waals surface area contributed by atoms with Gasteiger partial charge in [0.05, 0.1) is 0 Å². The van der Waals surface area contributed by atoms with Crippen molar-refractivity contribution in [2.75, 3.05) is 13.1 Å². The van der Waals surface area contributed by atoms with Crippen LogP contribution in [-0.2, 0) is 0 Å². The minimum atomic E-state index is 1.11. The highest BCUT2D eigenvalue weighted by atomic mass is 15.1. The quantitative estimate of drug-likeness (QED) is 0.541. The average molecular weight is 243 g/mol. The Morgan fingerprint density at radius 3 is 1.71 bits per heavy atom. The summed E-state index contributed by atoms with van der Waals surface area (Å²) in [6.07, 6.45) is 6.19. The third-order valence-corrected chi connectivity index (χ3v) is 2.14. The summed E-state index contributed by atoms with van der Waals surface area (Å²) in [7, 11) is 0. The van der Waals surface area contributed by atoms with Gasteiger partial charge >= 0.3 is 0 Å². The van der Waals surface area contributed by atoms with Gasteiger partial charge in [0.25, 0.3) is 0 Å². The fraction of sp³-hybridized carbons (Fsp3) is 0.875. The second-order valence-corrected chi connectivity index (χ2v) is 3.96. The lowest BCUT2D eigenvalue weighted by atomic mass is 10.2. The molecule has 0 rings (SSSR count). The maximum absolute atomic E-state index is 4.11. The van der Waals surface area contributed by atoms with Gasteiger partial charge in [-0.25, -0.2) is 0 Å². The van der Waals surface area contributed by atoms with Gasteiger partial charge in [0.15, 0.2) is 0 Å². The molecule has 0 heterocycles. The summed E-state index contributed by atoms with van der Waals surface area (Å²) in [5.74, 6) is 0. The van der Waals surface area contributed by atoms with Crippen molar-refractivity contribution < 1.29 is 0 Å². The molecule has 17 heavy (non-hydrogen) atoms. The molecule has 1 heteroatoms. The highest BCUT2D eigenvalue weighted by Gasteiger charge is 2.02. The molecular formula is C16H37N. The van der Waals surface area contributed by atoms with Gasteiger partial charge in [-0.05, 0) is 26.2 Å². The first-order valence-corrected chi connectivity index (χ1v) is 7.60. The fourth-order valence-corrected chi connectivity index (χ4v) is 1.35. The van der Waals surface area contributed by atoms with Crippen LogP contribution in [0.3, 0.4) is 0 Å². The Bertz CT molecular complexity index is 129. The summed E-state index contributed by atoms with van der Waals surface area (Å²) in [5, 5.41) is 0. The van der Waals surface area contributed by atoms with E-state index < -0.39 is 0 Å². The Kier molecular flexibility index (Phi) is 26.8. The Hall–Kier alpha value is -0.460. The van der Waals surface area contributed by atoms with Crippen molar-refractivity contribution in [2.24, 2.45) is 0 Å². The summed E-state index contributed by atoms with van der Waals surface area (Å²) in [5.41, 5.74) is 1.32. The zero-order valence-corrected chi connectivity index (χ0v) is 13.6. The van der Waals surface area contributed by atoms with Crippen LogP contribution in [0.5, 0.6) is 0 Å². The van der Waals surface area contributed by atoms with Crippen LogP contribution in [0.25, 0.3) is 0 Å². The average Bonchev–Trinajstić information content (AvgIpc) is 2.36. The number of allylic oxidation sites excluding steroid dienone is 1. The third kappa shape index (κ3) is 18.1. The first kappa shape index (κ1) is 21.8. The summed E-state index contributed by atoms with van der Waals surface area (Å²) < 4.78 is 0. The second-order valence-electron chi connectivity index (χ2n) is 3.96. The second kappa shape index (κ2) is 20.9. The molecule has 0 aromatic rings. The van der Waals surface area contributed by atoms with E-state index in [2.05, 4.69) is 46.1 Å². The molecule has 0 saturated carbocycles. The Labute approximate surface area is 111 Å². The summed E-state index contributed by atoms with van der Waals surface area (Å²) in [6.45, 7) is 21.3. The zero-order valence-electron chi connectivity index (χ0n) is 13.6. The molecule has 0 aliphatic rings. The van der Waals surface area contributed by atoms with Crippen molar-refractivity contribution in [3.05, 3.63) is 12.3 Å². The van der Waals surface area contributed by atoms with Crippen molar-refractivity contribution in [1.29, 1.82) is 0 Å². The molecule has 0 atom stereocenters. The van der Waals surface area contributed by atoms with Gasteiger partial charge in [0.2, 0.25) is 0 Å². The Morgan fingerprint density at radius 1 is 0.941 bits per heavy atom. The minimum Gasteiger partial charge on any atom is -0.376 e. The largest absolute Gasteiger partial charge is 0.376 e. The molecule has 106 valence electrons. The number of unbranched alkanes of at least 4 members (excludes halogenated alkanes) is 1. The highest BCUT2D eigenvalue weighted by Crippen LogP contribution is 2.10. The predicted molar refractivity (Wildman–Crippen MR) is 83.5 cm³/mol. The van der Waals surface area contributed by atoms with Crippen molar-refractivity contribution in [1.82, 2.24) is 4.90 Å². The van der Waals surface area contributed by atoms with Crippen molar-refractivity contribution in [2.45, 2.75) is 80.6 Å². The Morgan fingerprint density at radius 2 is 1.41 bits per heavy atom. The molecule has 0 spiro atoms. The maximum Gasteiger partial charge on any atom is 0.0172 e. The van der Waals surface area contributed by atoms with E-state index >= 15 is 0 Å². The van der Waals surface area contributed by atoms with Crippen LogP contribution in [0.4, 0.5) is 0 Å². The van der Waals surface area contributed by atoms with Crippen LogP contribution < -0.4 is 0 Å². The van der Waals surface area contributed by atoms with Crippen LogP contribution in [0.15, 0.2) is 12.3 Å². The molecule has 1 nitrogen and oxygen atoms in total. The topological polar surface area (TPSA) is 3.24 Å². The van der Waals surface area contributed by atoms with Gasteiger partial charge in [-0.2, -0.15) is 0 Å². The van der Waals surface area contributed by atoms with Crippen LogP contribution in [-0.4, -0.2) is 18.0 Å². The molecule has 0 amide bonds. The molecule has 0 fully saturated rings. The number of nitrogens with zero attached hydrogens (tertiary/aromatic N) is 1. The van der Waals surface area contributed by atoms with E-state index in [-0.39, 0.29) is 0 Å². The van der Waals surface area contributed by atoms with Crippen molar-refractivity contribution in [3.63, 3.8) is 0 Å². The van der Waals surface area contributed by atoms with E-state index in [9.17, 15) is 0 Å². The van der Waals surface area contributed by atoms with Crippen molar-refractivity contribution in [3.8, 4) is 0 Å². The smallest absolute Gasteiger partial charge is 0.0172 e. The molecule has 0 radical (unpaired) electrons. The standard InChI is InChI=1S/C11H23N.C3H8.C2H6/c1-5-8-9-11(4)12(7-3)10-6-2;1-3-2;1-2/h4-10H2,1-3H3;3H2,1-2H3;1-2H3. The Balaban J connectivity index is -0.000000337. The van der Waals surface area contributed by atoms with Crippen molar-refractivity contribution >= 4 is 0 Å². The molecule has 0 bridgehead atoms. The SMILES string of the molecule is C=C(CCCC)N(CC)CCC.CC.CCC. The lowest BCUT2D eigenvalue weighted by Crippen LogP contribution is -2.22. The normalized spacial score (nSPS) is 8.41. The lowest BCUT2D eigenvalue weighted by Gasteiger charge is -2.24. The van der Waals surface area contributed by atoms with Gasteiger partial charge in [0, 0.05) is 18.8 Å². The van der Waals surface area contributed by atoms with Gasteiger partial charge < -0.3 is 4.90 Å². The molecule has 0 N–H and O–H groups in total. The van der Waals surface area contributed by atoms with Gasteiger partial charge in [-0.1, -0.05) is 61.0 Å². The van der Waals surface area contributed by atoms with Gasteiger partial charge in [0.1, 0.15) is 0 Å². The molecule has 0 saturated heterocycles. The summed E-state index contributed by atoms with van der Waals surface area (Å²) in [6, 6.07) is 0. The lowest BCUT2D eigenvalue weighted by molar-refractivity contribution is 0.348. The zero-order chi connectivity index (χ0) is 14.1. The third-order valence-electron chi connectivity index (χ3n) is 2.14. The van der Waals surface area contributed by atoms with E-state index in [0.717, 1.165) is 6.54 Å². The van der Waals surface area contributed by atoms with Crippen LogP contribution in [0.2, 0.25) is 0 Å². The van der Waals surface area contributed by atoms with Crippen LogP contribution in [0, 0.1) is 0 Å². The van der Waals surface area contributed by atoms with E-state index in [1.807, 2.05) is 13.8 Å². The molecule has 0 aliphatic heterocycles. The van der Waals surface area contributed by atoms with Gasteiger partial charge in [-0.15, -0.1) is 0 Å². The molecule has 0 aliphatic carbocycles. The van der Waals surface area contributed by atoms with E-state index in [1.54, 1.807) is 0 Å². The maximum atomic E-state index is 4.11. The predicted octanol–water partition coefficient (Wildman–Crippen LogP) is 5.86. The molecule has 0 unspecified atom stereocenters. The van der Waals surface area contributed by atoms with E-state index in [0.29, 0.717) is 0 Å².